The van der Waals surface area contributed by atoms with Gasteiger partial charge < -0.3 is 9.80 Å². The molecule has 2 aromatic rings. The predicted molar refractivity (Wildman–Crippen MR) is 92.2 cm³/mol. The van der Waals surface area contributed by atoms with Crippen molar-refractivity contribution in [3.05, 3.63) is 51.5 Å². The minimum absolute atomic E-state index is 0.155. The molecule has 0 saturated carbocycles. The molecule has 1 aromatic carbocycles. The van der Waals surface area contributed by atoms with Gasteiger partial charge in [0.05, 0.1) is 4.92 Å². The molecule has 0 N–H and O–H groups in total. The summed E-state index contributed by atoms with van der Waals surface area (Å²) in [4.78, 5) is 19.5. The van der Waals surface area contributed by atoms with Crippen LogP contribution in [0.1, 0.15) is 12.0 Å². The largest absolute Gasteiger partial charge is 0.347 e. The first kappa shape index (κ1) is 15.9. The second-order valence-corrected chi connectivity index (χ2v) is 6.54. The second kappa shape index (κ2) is 7.52. The Morgan fingerprint density at radius 3 is 2.70 bits per heavy atom. The van der Waals surface area contributed by atoms with Gasteiger partial charge in [0.25, 0.3) is 5.69 Å². The van der Waals surface area contributed by atoms with Gasteiger partial charge >= 0.3 is 0 Å². The van der Waals surface area contributed by atoms with Gasteiger partial charge in [-0.05, 0) is 24.9 Å². The molecule has 23 heavy (non-hydrogen) atoms. The normalized spacial score (nSPS) is 16.3. The Balaban J connectivity index is 1.50. The van der Waals surface area contributed by atoms with Crippen molar-refractivity contribution in [2.24, 2.45) is 0 Å². The monoisotopic (exact) mass is 332 g/mol. The van der Waals surface area contributed by atoms with Crippen LogP contribution in [-0.2, 0) is 6.42 Å². The molecule has 1 aromatic heterocycles. The Bertz CT molecular complexity index is 630. The number of nitro benzene ring substituents is 1. The molecule has 7 heteroatoms. The second-order valence-electron chi connectivity index (χ2n) is 5.67. The summed E-state index contributed by atoms with van der Waals surface area (Å²) < 4.78 is 0. The van der Waals surface area contributed by atoms with E-state index in [1.54, 1.807) is 23.5 Å². The molecule has 3 rings (SSSR count). The molecule has 0 aliphatic carbocycles. The van der Waals surface area contributed by atoms with Crippen molar-refractivity contribution in [2.75, 3.05) is 37.6 Å². The molecular weight excluding hydrogens is 312 g/mol. The minimum atomic E-state index is -0.355. The lowest BCUT2D eigenvalue weighted by atomic mass is 10.1. The van der Waals surface area contributed by atoms with Gasteiger partial charge in [-0.3, -0.25) is 10.1 Å². The molecule has 0 bridgehead atoms. The molecule has 1 fully saturated rings. The third kappa shape index (κ3) is 4.27. The number of rotatable bonds is 5. The van der Waals surface area contributed by atoms with Crippen molar-refractivity contribution in [3.8, 4) is 0 Å². The van der Waals surface area contributed by atoms with Crippen molar-refractivity contribution in [2.45, 2.75) is 12.8 Å². The van der Waals surface area contributed by atoms with Crippen LogP contribution in [0.2, 0.25) is 0 Å². The number of hydrogen-bond acceptors (Lipinski definition) is 6. The van der Waals surface area contributed by atoms with E-state index in [0.717, 1.165) is 56.3 Å². The molecule has 0 unspecified atom stereocenters. The Hall–Kier alpha value is -1.99. The highest BCUT2D eigenvalue weighted by Gasteiger charge is 2.16. The van der Waals surface area contributed by atoms with E-state index in [0.29, 0.717) is 0 Å². The lowest BCUT2D eigenvalue weighted by Crippen LogP contribution is -2.32. The fourth-order valence-corrected chi connectivity index (χ4v) is 3.53. The summed E-state index contributed by atoms with van der Waals surface area (Å²) in [6, 6.07) is 6.89. The van der Waals surface area contributed by atoms with E-state index in [1.165, 1.54) is 0 Å². The van der Waals surface area contributed by atoms with Crippen molar-refractivity contribution in [1.82, 2.24) is 9.88 Å². The third-order valence-electron chi connectivity index (χ3n) is 4.14. The highest BCUT2D eigenvalue weighted by atomic mass is 32.1. The quantitative estimate of drug-likeness (QED) is 0.622. The first-order valence-electron chi connectivity index (χ1n) is 7.82. The van der Waals surface area contributed by atoms with Gasteiger partial charge in [0.2, 0.25) is 0 Å². The lowest BCUT2D eigenvalue weighted by molar-refractivity contribution is -0.384. The molecule has 1 aliphatic heterocycles. The topological polar surface area (TPSA) is 62.5 Å². The predicted octanol–water partition coefficient (Wildman–Crippen LogP) is 2.81. The zero-order valence-electron chi connectivity index (χ0n) is 12.9. The number of nitro groups is 1. The summed E-state index contributed by atoms with van der Waals surface area (Å²) >= 11 is 1.70. The van der Waals surface area contributed by atoms with Gasteiger partial charge in [-0.1, -0.05) is 12.1 Å². The highest BCUT2D eigenvalue weighted by molar-refractivity contribution is 7.13. The van der Waals surface area contributed by atoms with Crippen molar-refractivity contribution in [3.63, 3.8) is 0 Å². The average molecular weight is 332 g/mol. The number of nitrogens with zero attached hydrogens (tertiary/aromatic N) is 4. The number of anilines is 1. The van der Waals surface area contributed by atoms with Gasteiger partial charge in [0.15, 0.2) is 5.13 Å². The molecule has 0 amide bonds. The molecular formula is C16H20N4O2S. The smallest absolute Gasteiger partial charge is 0.269 e. The summed E-state index contributed by atoms with van der Waals surface area (Å²) in [5.41, 5.74) is 1.30. The van der Waals surface area contributed by atoms with Crippen LogP contribution >= 0.6 is 11.3 Å². The van der Waals surface area contributed by atoms with Gasteiger partial charge in [-0.2, -0.15) is 0 Å². The Labute approximate surface area is 139 Å². The third-order valence-corrected chi connectivity index (χ3v) is 4.97. The molecule has 2 heterocycles. The Morgan fingerprint density at radius 1 is 1.17 bits per heavy atom. The zero-order chi connectivity index (χ0) is 16.1. The van der Waals surface area contributed by atoms with Gasteiger partial charge in [-0.15, -0.1) is 11.3 Å². The number of benzene rings is 1. The van der Waals surface area contributed by atoms with Gasteiger partial charge in [0, 0.05) is 49.9 Å². The first-order valence-corrected chi connectivity index (χ1v) is 8.70. The van der Waals surface area contributed by atoms with E-state index in [2.05, 4.69) is 14.8 Å². The standard InChI is InChI=1S/C16H20N4O2S/c21-20(22)15-4-2-14(3-5-15)6-10-18-8-1-9-19(12-11-18)16-17-7-13-23-16/h2-5,7,13H,1,6,8-12H2. The SMILES string of the molecule is O=[N+]([O-])c1ccc(CCN2CCCN(c3nccs3)CC2)cc1. The van der Waals surface area contributed by atoms with Gasteiger partial charge in [-0.25, -0.2) is 4.98 Å². The van der Waals surface area contributed by atoms with E-state index in [9.17, 15) is 10.1 Å². The highest BCUT2D eigenvalue weighted by Crippen LogP contribution is 2.19. The Morgan fingerprint density at radius 2 is 2.00 bits per heavy atom. The minimum Gasteiger partial charge on any atom is -0.347 e. The van der Waals surface area contributed by atoms with Crippen LogP contribution in [0.15, 0.2) is 35.8 Å². The summed E-state index contributed by atoms with van der Waals surface area (Å²) in [5, 5.41) is 13.8. The first-order chi connectivity index (χ1) is 11.2. The molecule has 0 radical (unpaired) electrons. The van der Waals surface area contributed by atoms with Gasteiger partial charge in [0.1, 0.15) is 0 Å². The zero-order valence-corrected chi connectivity index (χ0v) is 13.7. The fourth-order valence-electron chi connectivity index (χ4n) is 2.83. The summed E-state index contributed by atoms with van der Waals surface area (Å²) in [7, 11) is 0. The van der Waals surface area contributed by atoms with Crippen LogP contribution < -0.4 is 4.90 Å². The van der Waals surface area contributed by atoms with Crippen LogP contribution in [-0.4, -0.2) is 47.5 Å². The van der Waals surface area contributed by atoms with E-state index < -0.39 is 0 Å². The molecule has 6 nitrogen and oxygen atoms in total. The van der Waals surface area contributed by atoms with E-state index >= 15 is 0 Å². The summed E-state index contributed by atoms with van der Waals surface area (Å²) in [6.45, 7) is 5.18. The van der Waals surface area contributed by atoms with E-state index in [-0.39, 0.29) is 10.6 Å². The lowest BCUT2D eigenvalue weighted by Gasteiger charge is -2.21. The molecule has 122 valence electrons. The maximum absolute atomic E-state index is 10.7. The van der Waals surface area contributed by atoms with Crippen molar-refractivity contribution >= 4 is 22.2 Å². The number of aromatic nitrogens is 1. The number of thiazole rings is 1. The van der Waals surface area contributed by atoms with Crippen LogP contribution in [0.3, 0.4) is 0 Å². The van der Waals surface area contributed by atoms with E-state index in [1.807, 2.05) is 23.7 Å². The molecule has 0 spiro atoms. The summed E-state index contributed by atoms with van der Waals surface area (Å²) in [5.74, 6) is 0. The van der Waals surface area contributed by atoms with Crippen molar-refractivity contribution < 1.29 is 4.92 Å². The maximum atomic E-state index is 10.7. The fraction of sp³-hybridized carbons (Fsp3) is 0.438. The molecule has 0 atom stereocenters. The van der Waals surface area contributed by atoms with E-state index in [4.69, 9.17) is 0 Å². The summed E-state index contributed by atoms with van der Waals surface area (Å²) in [6.07, 6.45) is 3.92. The maximum Gasteiger partial charge on any atom is 0.269 e. The number of non-ortho nitro benzene ring substituents is 1. The molecule has 1 saturated heterocycles. The van der Waals surface area contributed by atoms with Crippen LogP contribution in [0.25, 0.3) is 0 Å². The van der Waals surface area contributed by atoms with Crippen molar-refractivity contribution in [1.29, 1.82) is 0 Å². The van der Waals surface area contributed by atoms with Crippen LogP contribution in [0, 0.1) is 10.1 Å². The Kier molecular flexibility index (Phi) is 5.19. The van der Waals surface area contributed by atoms with Crippen LogP contribution in [0.5, 0.6) is 0 Å². The molecule has 1 aliphatic rings. The van der Waals surface area contributed by atoms with Crippen LogP contribution in [0.4, 0.5) is 10.8 Å². The number of hydrogen-bond donors (Lipinski definition) is 0. The average Bonchev–Trinajstić information content (AvgIpc) is 2.99.